The quantitative estimate of drug-likeness (QED) is 0.633. The minimum absolute atomic E-state index is 0.168. The van der Waals surface area contributed by atoms with Crippen LogP contribution in [-0.4, -0.2) is 46.5 Å². The molecule has 134 valence electrons. The van der Waals surface area contributed by atoms with Gasteiger partial charge in [-0.15, -0.1) is 6.58 Å². The lowest BCUT2D eigenvalue weighted by Gasteiger charge is -2.53. The molecule has 3 heterocycles. The molecule has 3 aliphatic heterocycles. The van der Waals surface area contributed by atoms with Crippen LogP contribution in [0.25, 0.3) is 0 Å². The highest BCUT2D eigenvalue weighted by Gasteiger charge is 2.56. The highest BCUT2D eigenvalue weighted by Crippen LogP contribution is 2.41. The van der Waals surface area contributed by atoms with Crippen LogP contribution in [0.4, 0.5) is 0 Å². The molecule has 3 fully saturated rings. The minimum atomic E-state index is -0.357. The molecular formula is C19H30N2O3. The van der Waals surface area contributed by atoms with Gasteiger partial charge in [-0.3, -0.25) is 14.4 Å². The zero-order valence-electron chi connectivity index (χ0n) is 15.0. The standard InChI is InChI=1S/C10H15NO2.C9H15NO/c1-2-5-10-7-9(13)11(10)6-3-4-8(10)12;1-3-6-9(2)8(11)5-4-7-10-9/h2-7H2,1H3;3,10H,1,4-7H2,2H3/t10-;9-/m10/s1. The van der Waals surface area contributed by atoms with Crippen LogP contribution in [0.5, 0.6) is 0 Å². The fourth-order valence-electron chi connectivity index (χ4n) is 4.05. The first-order valence-corrected chi connectivity index (χ1v) is 9.12. The van der Waals surface area contributed by atoms with E-state index < -0.39 is 0 Å². The number of Topliss-reactive ketones (excluding diaryl/α,β-unsaturated/α-hetero) is 2. The van der Waals surface area contributed by atoms with Crippen molar-refractivity contribution in [3.8, 4) is 0 Å². The number of fused-ring (bicyclic) bond motifs is 1. The zero-order valence-corrected chi connectivity index (χ0v) is 15.0. The van der Waals surface area contributed by atoms with E-state index in [9.17, 15) is 14.4 Å². The number of nitrogens with one attached hydrogen (secondary N) is 1. The Morgan fingerprint density at radius 2 is 1.92 bits per heavy atom. The Hall–Kier alpha value is -1.49. The molecule has 0 spiro atoms. The van der Waals surface area contributed by atoms with E-state index in [-0.39, 0.29) is 17.0 Å². The number of β-lactam (4-membered cyclic amide) rings is 1. The summed E-state index contributed by atoms with van der Waals surface area (Å²) in [5.74, 6) is 0.783. The van der Waals surface area contributed by atoms with Crippen molar-refractivity contribution in [1.29, 1.82) is 0 Å². The molecule has 3 saturated heterocycles. The minimum Gasteiger partial charge on any atom is -0.329 e. The second-order valence-corrected chi connectivity index (χ2v) is 7.31. The van der Waals surface area contributed by atoms with Crippen LogP contribution in [0, 0.1) is 0 Å². The number of hydrogen-bond donors (Lipinski definition) is 1. The summed E-state index contributed by atoms with van der Waals surface area (Å²) in [6.07, 6.45) is 8.08. The van der Waals surface area contributed by atoms with Crippen LogP contribution in [0.1, 0.15) is 65.2 Å². The number of amides is 1. The van der Waals surface area contributed by atoms with Crippen molar-refractivity contribution < 1.29 is 14.4 Å². The molecule has 0 unspecified atom stereocenters. The average molecular weight is 334 g/mol. The van der Waals surface area contributed by atoms with Gasteiger partial charge in [-0.05, 0) is 39.2 Å². The Morgan fingerprint density at radius 1 is 1.21 bits per heavy atom. The second kappa shape index (κ2) is 7.60. The fourth-order valence-corrected chi connectivity index (χ4v) is 4.05. The number of ketones is 2. The topological polar surface area (TPSA) is 66.5 Å². The van der Waals surface area contributed by atoms with Crippen molar-refractivity contribution in [3.05, 3.63) is 12.7 Å². The molecule has 5 heteroatoms. The number of carbonyl (C=O) groups excluding carboxylic acids is 3. The van der Waals surface area contributed by atoms with Gasteiger partial charge in [-0.25, -0.2) is 0 Å². The molecule has 0 aromatic carbocycles. The van der Waals surface area contributed by atoms with Crippen LogP contribution in [0.2, 0.25) is 0 Å². The van der Waals surface area contributed by atoms with E-state index in [0.29, 0.717) is 24.4 Å². The molecule has 24 heavy (non-hydrogen) atoms. The summed E-state index contributed by atoms with van der Waals surface area (Å²) in [5, 5.41) is 3.23. The van der Waals surface area contributed by atoms with Gasteiger partial charge in [-0.2, -0.15) is 0 Å². The largest absolute Gasteiger partial charge is 0.329 e. The highest BCUT2D eigenvalue weighted by atomic mass is 16.2. The average Bonchev–Trinajstić information content (AvgIpc) is 2.54. The lowest BCUT2D eigenvalue weighted by molar-refractivity contribution is -0.170. The van der Waals surface area contributed by atoms with Crippen molar-refractivity contribution >= 4 is 17.5 Å². The second-order valence-electron chi connectivity index (χ2n) is 7.31. The van der Waals surface area contributed by atoms with E-state index in [0.717, 1.165) is 51.6 Å². The Labute approximate surface area is 144 Å². The predicted molar refractivity (Wildman–Crippen MR) is 93.7 cm³/mol. The molecule has 1 amide bonds. The lowest BCUT2D eigenvalue weighted by atomic mass is 9.72. The van der Waals surface area contributed by atoms with Gasteiger partial charge in [-0.1, -0.05) is 19.4 Å². The third-order valence-corrected chi connectivity index (χ3v) is 5.49. The lowest BCUT2D eigenvalue weighted by Crippen LogP contribution is -2.69. The summed E-state index contributed by atoms with van der Waals surface area (Å²) < 4.78 is 0. The van der Waals surface area contributed by atoms with E-state index in [4.69, 9.17) is 0 Å². The van der Waals surface area contributed by atoms with Crippen molar-refractivity contribution in [3.63, 3.8) is 0 Å². The van der Waals surface area contributed by atoms with Crippen LogP contribution in [0.3, 0.4) is 0 Å². The van der Waals surface area contributed by atoms with Crippen LogP contribution in [-0.2, 0) is 14.4 Å². The van der Waals surface area contributed by atoms with Crippen molar-refractivity contribution in [2.24, 2.45) is 0 Å². The summed E-state index contributed by atoms with van der Waals surface area (Å²) >= 11 is 0. The number of piperidine rings is 2. The summed E-state index contributed by atoms with van der Waals surface area (Å²) in [4.78, 5) is 36.2. The van der Waals surface area contributed by atoms with Gasteiger partial charge >= 0.3 is 0 Å². The number of carbonyl (C=O) groups is 3. The molecular weight excluding hydrogens is 304 g/mol. The van der Waals surface area contributed by atoms with Crippen molar-refractivity contribution in [1.82, 2.24) is 10.2 Å². The molecule has 2 atom stereocenters. The summed E-state index contributed by atoms with van der Waals surface area (Å²) in [6.45, 7) is 9.41. The first-order valence-electron chi connectivity index (χ1n) is 9.12. The van der Waals surface area contributed by atoms with Gasteiger partial charge in [0.05, 0.1) is 12.0 Å². The molecule has 3 aliphatic rings. The van der Waals surface area contributed by atoms with Crippen molar-refractivity contribution in [2.75, 3.05) is 13.1 Å². The maximum atomic E-state index is 11.7. The summed E-state index contributed by atoms with van der Waals surface area (Å²) in [5.41, 5.74) is -0.677. The molecule has 0 saturated carbocycles. The smallest absolute Gasteiger partial charge is 0.226 e. The van der Waals surface area contributed by atoms with Crippen LogP contribution < -0.4 is 5.32 Å². The predicted octanol–water partition coefficient (Wildman–Crippen LogP) is 2.39. The summed E-state index contributed by atoms with van der Waals surface area (Å²) in [6, 6.07) is 0. The normalized spacial score (nSPS) is 32.4. The Kier molecular flexibility index (Phi) is 5.97. The molecule has 3 rings (SSSR count). The fraction of sp³-hybridized carbons (Fsp3) is 0.737. The SMILES string of the molecule is C=CC[C@]1(C)NCCCC1=O.CCC[C@]12CC(=O)N1CCCC2=O. The maximum absolute atomic E-state index is 11.7. The zero-order chi connectivity index (χ0) is 17.8. The number of hydrogen-bond acceptors (Lipinski definition) is 4. The van der Waals surface area contributed by atoms with E-state index in [1.807, 2.05) is 6.92 Å². The van der Waals surface area contributed by atoms with E-state index in [1.165, 1.54) is 0 Å². The van der Waals surface area contributed by atoms with E-state index in [2.05, 4.69) is 18.8 Å². The van der Waals surface area contributed by atoms with Gasteiger partial charge < -0.3 is 10.2 Å². The van der Waals surface area contributed by atoms with E-state index in [1.54, 1.807) is 11.0 Å². The Bertz CT molecular complexity index is 531. The van der Waals surface area contributed by atoms with E-state index >= 15 is 0 Å². The first kappa shape index (κ1) is 18.8. The van der Waals surface area contributed by atoms with Crippen LogP contribution >= 0.6 is 0 Å². The third kappa shape index (κ3) is 3.46. The van der Waals surface area contributed by atoms with Gasteiger partial charge in [0.1, 0.15) is 5.54 Å². The molecule has 0 aromatic heterocycles. The van der Waals surface area contributed by atoms with Gasteiger partial charge in [0.25, 0.3) is 0 Å². The molecule has 0 radical (unpaired) electrons. The highest BCUT2D eigenvalue weighted by molar-refractivity contribution is 6.03. The molecule has 1 N–H and O–H groups in total. The van der Waals surface area contributed by atoms with Gasteiger partial charge in [0.15, 0.2) is 11.6 Å². The third-order valence-electron chi connectivity index (χ3n) is 5.49. The Balaban J connectivity index is 0.000000177. The van der Waals surface area contributed by atoms with Crippen LogP contribution in [0.15, 0.2) is 12.7 Å². The number of nitrogens with zero attached hydrogens (tertiary/aromatic N) is 1. The monoisotopic (exact) mass is 334 g/mol. The maximum Gasteiger partial charge on any atom is 0.226 e. The van der Waals surface area contributed by atoms with Gasteiger partial charge in [0, 0.05) is 19.4 Å². The molecule has 0 bridgehead atoms. The number of rotatable bonds is 4. The molecule has 0 aliphatic carbocycles. The molecule has 5 nitrogen and oxygen atoms in total. The summed E-state index contributed by atoms with van der Waals surface area (Å²) in [7, 11) is 0. The van der Waals surface area contributed by atoms with Crippen molar-refractivity contribution in [2.45, 2.75) is 76.3 Å². The first-order chi connectivity index (χ1) is 11.4. The molecule has 0 aromatic rings. The Morgan fingerprint density at radius 3 is 2.50 bits per heavy atom. The van der Waals surface area contributed by atoms with Gasteiger partial charge in [0.2, 0.25) is 5.91 Å².